The second kappa shape index (κ2) is 5.69. The number of aliphatic hydroxyl groups is 1. The summed E-state index contributed by atoms with van der Waals surface area (Å²) in [5.41, 5.74) is 0.890. The van der Waals surface area contributed by atoms with E-state index >= 15 is 0 Å². The molecule has 0 aromatic heterocycles. The van der Waals surface area contributed by atoms with Crippen molar-refractivity contribution < 1.29 is 9.90 Å². The summed E-state index contributed by atoms with van der Waals surface area (Å²) in [6.45, 7) is 6.58. The molecule has 2 rings (SSSR count). The summed E-state index contributed by atoms with van der Waals surface area (Å²) in [6.07, 6.45) is 5.29. The first kappa shape index (κ1) is 15.2. The minimum Gasteiger partial charge on any atom is -0.382 e. The molecule has 2 nitrogen and oxygen atoms in total. The Kier molecular flexibility index (Phi) is 4.33. The van der Waals surface area contributed by atoms with Gasteiger partial charge >= 0.3 is 0 Å². The van der Waals surface area contributed by atoms with Crippen LogP contribution >= 0.6 is 0 Å². The first-order valence-corrected chi connectivity index (χ1v) is 7.77. The standard InChI is InChI=1S/C18H26O2/c1-4-17(2,3)15-10-8-14(9-11-15)16(19)18(20)12-6-5-7-13-18/h8-11,20H,4-7,12-13H2,1-3H3. The molecule has 0 unspecified atom stereocenters. The monoisotopic (exact) mass is 274 g/mol. The SMILES string of the molecule is CCC(C)(C)c1ccc(C(=O)C2(O)CCCCC2)cc1. The van der Waals surface area contributed by atoms with Crippen LogP contribution < -0.4 is 0 Å². The Morgan fingerprint density at radius 2 is 1.70 bits per heavy atom. The van der Waals surface area contributed by atoms with Crippen LogP contribution in [0.15, 0.2) is 24.3 Å². The van der Waals surface area contributed by atoms with Crippen molar-refractivity contribution in [3.8, 4) is 0 Å². The molecule has 20 heavy (non-hydrogen) atoms. The van der Waals surface area contributed by atoms with Gasteiger partial charge in [0.25, 0.3) is 0 Å². The van der Waals surface area contributed by atoms with E-state index in [4.69, 9.17) is 0 Å². The van der Waals surface area contributed by atoms with Gasteiger partial charge in [0.15, 0.2) is 5.78 Å². The highest BCUT2D eigenvalue weighted by Gasteiger charge is 2.37. The van der Waals surface area contributed by atoms with Crippen LogP contribution in [-0.4, -0.2) is 16.5 Å². The van der Waals surface area contributed by atoms with Crippen molar-refractivity contribution >= 4 is 5.78 Å². The number of Topliss-reactive ketones (excluding diaryl/α,β-unsaturated/α-hetero) is 1. The summed E-state index contributed by atoms with van der Waals surface area (Å²) >= 11 is 0. The van der Waals surface area contributed by atoms with Gasteiger partial charge in [-0.05, 0) is 30.2 Å². The van der Waals surface area contributed by atoms with Crippen molar-refractivity contribution in [1.29, 1.82) is 0 Å². The molecule has 1 N–H and O–H groups in total. The number of benzene rings is 1. The molecule has 0 heterocycles. The largest absolute Gasteiger partial charge is 0.382 e. The van der Waals surface area contributed by atoms with Crippen LogP contribution in [0.1, 0.15) is 75.2 Å². The third-order valence-electron chi connectivity index (χ3n) is 4.92. The van der Waals surface area contributed by atoms with Gasteiger partial charge in [-0.1, -0.05) is 64.3 Å². The summed E-state index contributed by atoms with van der Waals surface area (Å²) in [5, 5.41) is 10.5. The Hall–Kier alpha value is -1.15. The molecule has 0 bridgehead atoms. The van der Waals surface area contributed by atoms with E-state index in [1.54, 1.807) is 0 Å². The lowest BCUT2D eigenvalue weighted by atomic mass is 9.78. The highest BCUT2D eigenvalue weighted by molar-refractivity contribution is 6.02. The summed E-state index contributed by atoms with van der Waals surface area (Å²) in [6, 6.07) is 7.81. The lowest BCUT2D eigenvalue weighted by Gasteiger charge is -2.30. The van der Waals surface area contributed by atoms with Gasteiger partial charge < -0.3 is 5.11 Å². The number of hydrogen-bond donors (Lipinski definition) is 1. The van der Waals surface area contributed by atoms with Gasteiger partial charge in [0.05, 0.1) is 0 Å². The molecule has 1 fully saturated rings. The van der Waals surface area contributed by atoms with E-state index in [1.807, 2.05) is 24.3 Å². The van der Waals surface area contributed by atoms with Gasteiger partial charge in [0.1, 0.15) is 5.60 Å². The minimum absolute atomic E-state index is 0.0990. The molecule has 0 amide bonds. The van der Waals surface area contributed by atoms with E-state index in [0.29, 0.717) is 18.4 Å². The molecule has 0 aliphatic heterocycles. The molecule has 0 radical (unpaired) electrons. The van der Waals surface area contributed by atoms with E-state index in [2.05, 4.69) is 20.8 Å². The van der Waals surface area contributed by atoms with Gasteiger partial charge in [0.2, 0.25) is 0 Å². The fourth-order valence-electron chi connectivity index (χ4n) is 2.91. The predicted octanol–water partition coefficient (Wildman–Crippen LogP) is 4.25. The van der Waals surface area contributed by atoms with E-state index in [9.17, 15) is 9.90 Å². The normalized spacial score (nSPS) is 18.8. The average Bonchev–Trinajstić information content (AvgIpc) is 2.47. The molecule has 110 valence electrons. The molecule has 1 aliphatic rings. The molecule has 2 heteroatoms. The van der Waals surface area contributed by atoms with Gasteiger partial charge in [-0.25, -0.2) is 0 Å². The average molecular weight is 274 g/mol. The molecule has 1 saturated carbocycles. The lowest BCUT2D eigenvalue weighted by Crippen LogP contribution is -2.40. The zero-order valence-corrected chi connectivity index (χ0v) is 12.9. The maximum Gasteiger partial charge on any atom is 0.194 e. The smallest absolute Gasteiger partial charge is 0.194 e. The zero-order chi connectivity index (χ0) is 14.8. The molecule has 0 saturated heterocycles. The zero-order valence-electron chi connectivity index (χ0n) is 12.9. The fraction of sp³-hybridized carbons (Fsp3) is 0.611. The van der Waals surface area contributed by atoms with Crippen molar-refractivity contribution in [3.63, 3.8) is 0 Å². The second-order valence-electron chi connectivity index (χ2n) is 6.74. The molecule has 1 aromatic rings. The van der Waals surface area contributed by atoms with Gasteiger partial charge in [-0.2, -0.15) is 0 Å². The van der Waals surface area contributed by atoms with Crippen LogP contribution in [-0.2, 0) is 5.41 Å². The minimum atomic E-state index is -1.12. The second-order valence-corrected chi connectivity index (χ2v) is 6.74. The molecular weight excluding hydrogens is 248 g/mol. The maximum absolute atomic E-state index is 12.5. The van der Waals surface area contributed by atoms with Crippen LogP contribution in [0.3, 0.4) is 0 Å². The molecule has 1 aromatic carbocycles. The Labute approximate surface area is 122 Å². The molecule has 0 atom stereocenters. The van der Waals surface area contributed by atoms with E-state index in [-0.39, 0.29) is 11.2 Å². The number of carbonyl (C=O) groups is 1. The van der Waals surface area contributed by atoms with Gasteiger partial charge in [0, 0.05) is 5.56 Å². The van der Waals surface area contributed by atoms with Gasteiger partial charge in [-0.15, -0.1) is 0 Å². The lowest BCUT2D eigenvalue weighted by molar-refractivity contribution is 0.0116. The molecule has 0 spiro atoms. The highest BCUT2D eigenvalue weighted by atomic mass is 16.3. The van der Waals surface area contributed by atoms with Crippen LogP contribution in [0.4, 0.5) is 0 Å². The first-order valence-electron chi connectivity index (χ1n) is 7.77. The quantitative estimate of drug-likeness (QED) is 0.833. The summed E-state index contributed by atoms with van der Waals surface area (Å²) in [7, 11) is 0. The topological polar surface area (TPSA) is 37.3 Å². The van der Waals surface area contributed by atoms with E-state index < -0.39 is 5.60 Å². The van der Waals surface area contributed by atoms with Crippen molar-refractivity contribution in [2.75, 3.05) is 0 Å². The Morgan fingerprint density at radius 1 is 1.15 bits per heavy atom. The molecule has 1 aliphatic carbocycles. The highest BCUT2D eigenvalue weighted by Crippen LogP contribution is 2.32. The predicted molar refractivity (Wildman–Crippen MR) is 82.1 cm³/mol. The summed E-state index contributed by atoms with van der Waals surface area (Å²) < 4.78 is 0. The van der Waals surface area contributed by atoms with E-state index in [0.717, 1.165) is 25.7 Å². The fourth-order valence-corrected chi connectivity index (χ4v) is 2.91. The Balaban J connectivity index is 2.19. The third-order valence-corrected chi connectivity index (χ3v) is 4.92. The number of ketones is 1. The van der Waals surface area contributed by atoms with E-state index in [1.165, 1.54) is 5.56 Å². The van der Waals surface area contributed by atoms with Crippen LogP contribution in [0.25, 0.3) is 0 Å². The first-order chi connectivity index (χ1) is 9.39. The van der Waals surface area contributed by atoms with Crippen molar-refractivity contribution in [2.24, 2.45) is 0 Å². The van der Waals surface area contributed by atoms with Crippen molar-refractivity contribution in [1.82, 2.24) is 0 Å². The Bertz CT molecular complexity index is 465. The van der Waals surface area contributed by atoms with Gasteiger partial charge in [-0.3, -0.25) is 4.79 Å². The van der Waals surface area contributed by atoms with Crippen LogP contribution in [0.5, 0.6) is 0 Å². The number of hydrogen-bond acceptors (Lipinski definition) is 2. The molecular formula is C18H26O2. The maximum atomic E-state index is 12.5. The summed E-state index contributed by atoms with van der Waals surface area (Å²) in [4.78, 5) is 12.5. The summed E-state index contributed by atoms with van der Waals surface area (Å²) in [5.74, 6) is -0.0990. The van der Waals surface area contributed by atoms with Crippen LogP contribution in [0, 0.1) is 0 Å². The number of carbonyl (C=O) groups excluding carboxylic acids is 1. The van der Waals surface area contributed by atoms with Crippen molar-refractivity contribution in [2.45, 2.75) is 70.3 Å². The van der Waals surface area contributed by atoms with Crippen LogP contribution in [0.2, 0.25) is 0 Å². The Morgan fingerprint density at radius 3 is 2.20 bits per heavy atom. The third kappa shape index (κ3) is 2.95. The van der Waals surface area contributed by atoms with Crippen molar-refractivity contribution in [3.05, 3.63) is 35.4 Å². The number of rotatable bonds is 4.